The minimum atomic E-state index is -2.78. The standard InChI is InChI=1S/C35H43BrN11O3P/c1-21-15-24(16-22(2)50-21)46-11-13-47(14-12-46)33-25(23-18-40-45(3)20-23)17-29(34(44-33)49-4)42-35-39-19-26(36)32(43-35)41-28-8-7-27-30(38-10-9-37-27)31(28)51(5,6)48/h7-10,17-22,24H,11-16H2,1-6H3,(H2,39,41,42,43)/t21-,22+,24?. The zero-order valence-corrected chi connectivity index (χ0v) is 32.1. The summed E-state index contributed by atoms with van der Waals surface area (Å²) in [6.07, 6.45) is 11.4. The smallest absolute Gasteiger partial charge is 0.239 e. The molecule has 268 valence electrons. The van der Waals surface area contributed by atoms with Crippen molar-refractivity contribution in [2.45, 2.75) is 44.9 Å². The number of nitrogens with one attached hydrogen (secondary N) is 2. The molecule has 4 aromatic heterocycles. The molecule has 0 aliphatic carbocycles. The van der Waals surface area contributed by atoms with E-state index in [0.717, 1.165) is 56.0 Å². The molecule has 2 saturated heterocycles. The van der Waals surface area contributed by atoms with Gasteiger partial charge in [0.25, 0.3) is 0 Å². The number of rotatable bonds is 9. The number of halogens is 1. The van der Waals surface area contributed by atoms with Gasteiger partial charge in [0.05, 0.1) is 46.5 Å². The second-order valence-electron chi connectivity index (χ2n) is 13.6. The first-order valence-electron chi connectivity index (χ1n) is 17.0. The molecule has 6 heterocycles. The molecule has 0 saturated carbocycles. The van der Waals surface area contributed by atoms with Crippen molar-refractivity contribution >= 4 is 68.4 Å². The molecule has 0 bridgehead atoms. The quantitative estimate of drug-likeness (QED) is 0.174. The molecule has 5 aromatic rings. The van der Waals surface area contributed by atoms with E-state index < -0.39 is 7.14 Å². The van der Waals surface area contributed by atoms with E-state index in [2.05, 4.69) is 70.3 Å². The molecule has 1 unspecified atom stereocenters. The number of aromatic nitrogens is 7. The number of pyridine rings is 1. The van der Waals surface area contributed by atoms with Gasteiger partial charge in [-0.3, -0.25) is 19.5 Å². The van der Waals surface area contributed by atoms with Crippen molar-refractivity contribution < 1.29 is 14.0 Å². The highest BCUT2D eigenvalue weighted by Gasteiger charge is 2.32. The highest BCUT2D eigenvalue weighted by atomic mass is 79.9. The maximum Gasteiger partial charge on any atom is 0.239 e. The van der Waals surface area contributed by atoms with E-state index in [0.29, 0.717) is 55.9 Å². The Morgan fingerprint density at radius 2 is 1.71 bits per heavy atom. The Morgan fingerprint density at radius 3 is 2.39 bits per heavy atom. The topological polar surface area (TPSA) is 148 Å². The van der Waals surface area contributed by atoms with Crippen LogP contribution in [0.15, 0.2) is 53.7 Å². The zero-order chi connectivity index (χ0) is 35.9. The van der Waals surface area contributed by atoms with Gasteiger partial charge in [-0.2, -0.15) is 15.1 Å². The molecule has 0 amide bonds. The van der Waals surface area contributed by atoms with Gasteiger partial charge in [-0.25, -0.2) is 4.98 Å². The SMILES string of the molecule is COc1nc(N2CCN(C3C[C@@H](C)O[C@@H](C)C3)CC2)c(-c2cnn(C)c2)cc1Nc1ncc(Br)c(Nc2ccc3nccnc3c2P(C)(C)=O)n1. The Labute approximate surface area is 305 Å². The van der Waals surface area contributed by atoms with E-state index in [-0.39, 0.29) is 12.2 Å². The number of aryl methyl sites for hydroxylation is 1. The Balaban J connectivity index is 1.18. The summed E-state index contributed by atoms with van der Waals surface area (Å²) >= 11 is 3.59. The molecule has 2 fully saturated rings. The van der Waals surface area contributed by atoms with Crippen LogP contribution in [0, 0.1) is 0 Å². The van der Waals surface area contributed by atoms with Crippen LogP contribution in [-0.4, -0.2) is 104 Å². The lowest BCUT2D eigenvalue weighted by Crippen LogP contribution is -2.53. The number of anilines is 5. The Kier molecular flexibility index (Phi) is 9.99. The molecule has 2 aliphatic heterocycles. The van der Waals surface area contributed by atoms with E-state index in [1.807, 2.05) is 37.6 Å². The van der Waals surface area contributed by atoms with Gasteiger partial charge in [-0.05, 0) is 74.1 Å². The van der Waals surface area contributed by atoms with Crippen LogP contribution in [0.4, 0.5) is 29.0 Å². The lowest BCUT2D eigenvalue weighted by atomic mass is 9.97. The van der Waals surface area contributed by atoms with Gasteiger partial charge in [0.1, 0.15) is 30.0 Å². The highest BCUT2D eigenvalue weighted by molar-refractivity contribution is 9.10. The molecule has 14 nitrogen and oxygen atoms in total. The largest absolute Gasteiger partial charge is 0.479 e. The van der Waals surface area contributed by atoms with Crippen LogP contribution >= 0.6 is 23.1 Å². The van der Waals surface area contributed by atoms with Crippen molar-refractivity contribution in [3.8, 4) is 17.0 Å². The highest BCUT2D eigenvalue weighted by Crippen LogP contribution is 2.42. The van der Waals surface area contributed by atoms with E-state index in [4.69, 9.17) is 19.4 Å². The van der Waals surface area contributed by atoms with Gasteiger partial charge in [0, 0.05) is 75.2 Å². The fourth-order valence-electron chi connectivity index (χ4n) is 7.14. The summed E-state index contributed by atoms with van der Waals surface area (Å²) in [6, 6.07) is 6.25. The number of methoxy groups -OCH3 is 1. The monoisotopic (exact) mass is 775 g/mol. The lowest BCUT2D eigenvalue weighted by molar-refractivity contribution is -0.0658. The molecule has 1 aromatic carbocycles. The molecule has 2 aliphatic rings. The van der Waals surface area contributed by atoms with E-state index in [1.165, 1.54) is 0 Å². The van der Waals surface area contributed by atoms with Crippen molar-refractivity contribution in [3.05, 3.63) is 53.7 Å². The summed E-state index contributed by atoms with van der Waals surface area (Å²) < 4.78 is 27.8. The first-order valence-corrected chi connectivity index (χ1v) is 20.4. The summed E-state index contributed by atoms with van der Waals surface area (Å²) in [5, 5.41) is 11.8. The Morgan fingerprint density at radius 1 is 0.961 bits per heavy atom. The van der Waals surface area contributed by atoms with Gasteiger partial charge in [-0.15, -0.1) is 0 Å². The fourth-order valence-corrected chi connectivity index (χ4v) is 8.83. The number of hydrogen-bond donors (Lipinski definition) is 2. The summed E-state index contributed by atoms with van der Waals surface area (Å²) in [4.78, 5) is 28.3. The van der Waals surface area contributed by atoms with E-state index >= 15 is 0 Å². The van der Waals surface area contributed by atoms with Crippen LogP contribution in [-0.2, 0) is 16.3 Å². The van der Waals surface area contributed by atoms with Crippen LogP contribution < -0.4 is 25.6 Å². The number of ether oxygens (including phenoxy) is 2. The van der Waals surface area contributed by atoms with Crippen LogP contribution in [0.3, 0.4) is 0 Å². The van der Waals surface area contributed by atoms with Gasteiger partial charge in [0.15, 0.2) is 0 Å². The maximum atomic E-state index is 13.5. The molecule has 3 atom stereocenters. The van der Waals surface area contributed by atoms with Crippen LogP contribution in [0.1, 0.15) is 26.7 Å². The molecular weight excluding hydrogens is 733 g/mol. The molecule has 0 radical (unpaired) electrons. The number of fused-ring (bicyclic) bond motifs is 1. The predicted molar refractivity (Wildman–Crippen MR) is 205 cm³/mol. The van der Waals surface area contributed by atoms with Gasteiger partial charge >= 0.3 is 0 Å². The zero-order valence-electron chi connectivity index (χ0n) is 29.7. The normalized spacial score (nSPS) is 20.1. The second-order valence-corrected chi connectivity index (χ2v) is 17.6. The van der Waals surface area contributed by atoms with Crippen LogP contribution in [0.25, 0.3) is 22.2 Å². The maximum absolute atomic E-state index is 13.5. The minimum Gasteiger partial charge on any atom is -0.479 e. The first-order chi connectivity index (χ1) is 24.5. The van der Waals surface area contributed by atoms with Crippen LogP contribution in [0.5, 0.6) is 5.88 Å². The third kappa shape index (κ3) is 7.57. The van der Waals surface area contributed by atoms with Crippen molar-refractivity contribution in [3.63, 3.8) is 0 Å². The molecule has 2 N–H and O–H groups in total. The molecular formula is C35H43BrN11O3P. The molecule has 16 heteroatoms. The molecule has 7 rings (SSSR count). The van der Waals surface area contributed by atoms with Gasteiger partial charge < -0.3 is 29.6 Å². The fraction of sp³-hybridized carbons (Fsp3) is 0.429. The lowest BCUT2D eigenvalue weighted by Gasteiger charge is -2.44. The Hall–Kier alpha value is -4.17. The van der Waals surface area contributed by atoms with Crippen LogP contribution in [0.2, 0.25) is 0 Å². The minimum absolute atomic E-state index is 0.277. The average Bonchev–Trinajstić information content (AvgIpc) is 3.54. The van der Waals surface area contributed by atoms with Gasteiger partial charge in [0.2, 0.25) is 11.8 Å². The van der Waals surface area contributed by atoms with Crippen molar-refractivity contribution in [1.29, 1.82) is 0 Å². The third-order valence-corrected chi connectivity index (χ3v) is 11.5. The number of benzene rings is 1. The third-order valence-electron chi connectivity index (χ3n) is 9.38. The van der Waals surface area contributed by atoms with Crippen molar-refractivity contribution in [2.75, 3.05) is 62.2 Å². The predicted octanol–water partition coefficient (Wildman–Crippen LogP) is 5.80. The number of hydrogen-bond acceptors (Lipinski definition) is 13. The number of nitrogens with zero attached hydrogens (tertiary/aromatic N) is 9. The summed E-state index contributed by atoms with van der Waals surface area (Å²) in [5.74, 6) is 2.06. The van der Waals surface area contributed by atoms with Gasteiger partial charge in [-0.1, -0.05) is 0 Å². The van der Waals surface area contributed by atoms with Crippen molar-refractivity contribution in [1.82, 2.24) is 39.6 Å². The first kappa shape index (κ1) is 35.2. The summed E-state index contributed by atoms with van der Waals surface area (Å²) in [6.45, 7) is 11.4. The number of piperazine rings is 1. The molecule has 51 heavy (non-hydrogen) atoms. The summed E-state index contributed by atoms with van der Waals surface area (Å²) in [5.41, 5.74) is 4.36. The summed E-state index contributed by atoms with van der Waals surface area (Å²) in [7, 11) is 0.736. The molecule has 0 spiro atoms. The van der Waals surface area contributed by atoms with E-state index in [9.17, 15) is 4.57 Å². The van der Waals surface area contributed by atoms with Crippen molar-refractivity contribution in [2.24, 2.45) is 7.05 Å². The Bertz CT molecular complexity index is 2090. The van der Waals surface area contributed by atoms with E-state index in [1.54, 1.807) is 43.7 Å². The second kappa shape index (κ2) is 14.5. The average molecular weight is 777 g/mol.